The zero-order valence-corrected chi connectivity index (χ0v) is 9.90. The summed E-state index contributed by atoms with van der Waals surface area (Å²) in [7, 11) is 1.91. The molecule has 4 heteroatoms. The van der Waals surface area contributed by atoms with Gasteiger partial charge in [0.05, 0.1) is 6.04 Å². The largest absolute Gasteiger partial charge is 0.344 e. The average Bonchev–Trinajstić information content (AvgIpc) is 2.69. The number of amides is 1. The normalized spacial score (nSPS) is 21.1. The van der Waals surface area contributed by atoms with E-state index in [1.807, 2.05) is 11.9 Å². The highest BCUT2D eigenvalue weighted by atomic mass is 32.2. The summed E-state index contributed by atoms with van der Waals surface area (Å²) < 4.78 is 0. The maximum atomic E-state index is 11.8. The highest BCUT2D eigenvalue weighted by Gasteiger charge is 2.24. The average molecular weight is 216 g/mol. The first-order chi connectivity index (χ1) is 6.75. The van der Waals surface area contributed by atoms with E-state index in [0.29, 0.717) is 0 Å². The van der Waals surface area contributed by atoms with Crippen LogP contribution in [0.4, 0.5) is 0 Å². The number of unbranched alkanes of at least 4 members (excludes halogenated alkanes) is 2. The van der Waals surface area contributed by atoms with Crippen LogP contribution < -0.4 is 5.32 Å². The number of carbonyl (C=O) groups excluding carboxylic acids is 1. The Bertz CT molecular complexity index is 181. The van der Waals surface area contributed by atoms with Gasteiger partial charge in [-0.2, -0.15) is 0 Å². The van der Waals surface area contributed by atoms with Gasteiger partial charge in [0.15, 0.2) is 0 Å². The van der Waals surface area contributed by atoms with Crippen LogP contribution in [0.25, 0.3) is 0 Å². The number of carbonyl (C=O) groups is 1. The van der Waals surface area contributed by atoms with E-state index in [-0.39, 0.29) is 11.9 Å². The lowest BCUT2D eigenvalue weighted by atomic mass is 10.2. The molecule has 0 aromatic heterocycles. The zero-order valence-electron chi connectivity index (χ0n) is 9.08. The Kier molecular flexibility index (Phi) is 5.33. The van der Waals surface area contributed by atoms with Crippen LogP contribution in [0.15, 0.2) is 0 Å². The molecule has 1 unspecified atom stereocenters. The Morgan fingerprint density at radius 3 is 2.93 bits per heavy atom. The van der Waals surface area contributed by atoms with E-state index in [9.17, 15) is 4.79 Å². The summed E-state index contributed by atoms with van der Waals surface area (Å²) in [6.45, 7) is 3.08. The Labute approximate surface area is 90.6 Å². The molecule has 1 saturated heterocycles. The fourth-order valence-electron chi connectivity index (χ4n) is 1.53. The molecule has 14 heavy (non-hydrogen) atoms. The Morgan fingerprint density at radius 2 is 2.36 bits per heavy atom. The van der Waals surface area contributed by atoms with Crippen molar-refractivity contribution in [2.45, 2.75) is 32.2 Å². The molecule has 0 aromatic rings. The molecule has 1 atom stereocenters. The quantitative estimate of drug-likeness (QED) is 0.703. The van der Waals surface area contributed by atoms with Gasteiger partial charge in [-0.1, -0.05) is 19.8 Å². The van der Waals surface area contributed by atoms with Gasteiger partial charge in [0.2, 0.25) is 5.91 Å². The number of rotatable bonds is 5. The molecule has 0 aliphatic carbocycles. The van der Waals surface area contributed by atoms with Gasteiger partial charge >= 0.3 is 0 Å². The number of hydrogen-bond acceptors (Lipinski definition) is 3. The second-order valence-electron chi connectivity index (χ2n) is 3.74. The third kappa shape index (κ3) is 3.50. The molecular weight excluding hydrogens is 196 g/mol. The van der Waals surface area contributed by atoms with Crippen LogP contribution in [0.1, 0.15) is 26.2 Å². The Hall–Kier alpha value is -0.220. The molecular formula is C10H20N2OS. The molecule has 0 radical (unpaired) electrons. The fourth-order valence-corrected chi connectivity index (χ4v) is 2.46. The van der Waals surface area contributed by atoms with Gasteiger partial charge in [-0.3, -0.25) is 10.1 Å². The molecule has 1 aliphatic heterocycles. The molecule has 1 amide bonds. The number of hydrogen-bond donors (Lipinski definition) is 1. The molecule has 1 fully saturated rings. The Balaban J connectivity index is 2.21. The minimum atomic E-state index is 0.0617. The van der Waals surface area contributed by atoms with Gasteiger partial charge in [0, 0.05) is 25.2 Å². The van der Waals surface area contributed by atoms with Crippen LogP contribution in [0.2, 0.25) is 0 Å². The lowest BCUT2D eigenvalue weighted by Gasteiger charge is -2.20. The van der Waals surface area contributed by atoms with Crippen molar-refractivity contribution in [1.29, 1.82) is 0 Å². The van der Waals surface area contributed by atoms with E-state index >= 15 is 0 Å². The highest BCUT2D eigenvalue weighted by molar-refractivity contribution is 7.99. The van der Waals surface area contributed by atoms with Gasteiger partial charge in [-0.05, 0) is 6.42 Å². The molecule has 1 aliphatic rings. The first-order valence-electron chi connectivity index (χ1n) is 5.31. The smallest absolute Gasteiger partial charge is 0.240 e. The maximum absolute atomic E-state index is 11.8. The predicted octanol–water partition coefficient (Wildman–Crippen LogP) is 1.30. The minimum absolute atomic E-state index is 0.0617. The number of thioether (sulfide) groups is 1. The second-order valence-corrected chi connectivity index (χ2v) is 4.77. The van der Waals surface area contributed by atoms with Gasteiger partial charge in [-0.15, -0.1) is 11.8 Å². The van der Waals surface area contributed by atoms with Crippen molar-refractivity contribution in [3.8, 4) is 0 Å². The van der Waals surface area contributed by atoms with E-state index in [4.69, 9.17) is 0 Å². The molecule has 0 spiro atoms. The molecule has 0 aromatic carbocycles. The second kappa shape index (κ2) is 6.30. The summed E-state index contributed by atoms with van der Waals surface area (Å²) in [5, 5.41) is 3.20. The van der Waals surface area contributed by atoms with Crippen LogP contribution in [0, 0.1) is 0 Å². The van der Waals surface area contributed by atoms with E-state index in [2.05, 4.69) is 12.2 Å². The van der Waals surface area contributed by atoms with Gasteiger partial charge < -0.3 is 4.90 Å². The topological polar surface area (TPSA) is 32.3 Å². The van der Waals surface area contributed by atoms with Crippen molar-refractivity contribution < 1.29 is 4.79 Å². The van der Waals surface area contributed by atoms with Crippen LogP contribution >= 0.6 is 11.8 Å². The molecule has 82 valence electrons. The number of nitrogens with zero attached hydrogens (tertiary/aromatic N) is 1. The van der Waals surface area contributed by atoms with Gasteiger partial charge in [0.1, 0.15) is 0 Å². The summed E-state index contributed by atoms with van der Waals surface area (Å²) in [5.74, 6) is 2.10. The van der Waals surface area contributed by atoms with Crippen molar-refractivity contribution in [1.82, 2.24) is 10.2 Å². The third-order valence-corrected chi connectivity index (χ3v) is 3.43. The van der Waals surface area contributed by atoms with Gasteiger partial charge in [0.25, 0.3) is 0 Å². The minimum Gasteiger partial charge on any atom is -0.344 e. The summed E-state index contributed by atoms with van der Waals surface area (Å²) in [6, 6.07) is 0.0617. The van der Waals surface area contributed by atoms with E-state index in [1.54, 1.807) is 11.8 Å². The molecule has 1 rings (SSSR count). The predicted molar refractivity (Wildman–Crippen MR) is 61.4 cm³/mol. The maximum Gasteiger partial charge on any atom is 0.240 e. The van der Waals surface area contributed by atoms with Crippen molar-refractivity contribution in [3.63, 3.8) is 0 Å². The van der Waals surface area contributed by atoms with E-state index in [0.717, 1.165) is 24.6 Å². The van der Waals surface area contributed by atoms with Crippen LogP contribution in [0.3, 0.4) is 0 Å². The van der Waals surface area contributed by atoms with Crippen molar-refractivity contribution >= 4 is 17.7 Å². The first kappa shape index (κ1) is 11.9. The summed E-state index contributed by atoms with van der Waals surface area (Å²) in [6.07, 6.45) is 3.54. The fraction of sp³-hybridized carbons (Fsp3) is 0.900. The number of likely N-dealkylation sites (N-methyl/N-ethyl adjacent to an activating group) is 1. The summed E-state index contributed by atoms with van der Waals surface area (Å²) in [5.41, 5.74) is 0. The van der Waals surface area contributed by atoms with Gasteiger partial charge in [-0.25, -0.2) is 0 Å². The molecule has 0 bridgehead atoms. The molecule has 3 nitrogen and oxygen atoms in total. The van der Waals surface area contributed by atoms with Crippen LogP contribution in [-0.2, 0) is 4.79 Å². The van der Waals surface area contributed by atoms with Crippen molar-refractivity contribution in [3.05, 3.63) is 0 Å². The molecule has 0 saturated carbocycles. The first-order valence-corrected chi connectivity index (χ1v) is 6.47. The Morgan fingerprint density at radius 1 is 1.57 bits per heavy atom. The lowest BCUT2D eigenvalue weighted by Crippen LogP contribution is -2.43. The van der Waals surface area contributed by atoms with Crippen molar-refractivity contribution in [2.75, 3.05) is 25.2 Å². The molecule has 1 N–H and O–H groups in total. The summed E-state index contributed by atoms with van der Waals surface area (Å²) >= 11 is 1.80. The highest BCUT2D eigenvalue weighted by Crippen LogP contribution is 2.11. The monoisotopic (exact) mass is 216 g/mol. The van der Waals surface area contributed by atoms with Crippen molar-refractivity contribution in [2.24, 2.45) is 0 Å². The van der Waals surface area contributed by atoms with E-state index < -0.39 is 0 Å². The zero-order chi connectivity index (χ0) is 10.4. The number of nitrogens with one attached hydrogen (secondary N) is 1. The SMILES string of the molecule is CCCCCN(C)C(=O)C1CSCN1. The van der Waals surface area contributed by atoms with Crippen LogP contribution in [-0.4, -0.2) is 42.1 Å². The third-order valence-electron chi connectivity index (χ3n) is 2.49. The van der Waals surface area contributed by atoms with E-state index in [1.165, 1.54) is 12.8 Å². The molecule has 1 heterocycles. The van der Waals surface area contributed by atoms with Crippen LogP contribution in [0.5, 0.6) is 0 Å². The standard InChI is InChI=1S/C10H20N2OS/c1-3-4-5-6-12(2)10(13)9-7-14-8-11-9/h9,11H,3-8H2,1-2H3. The summed E-state index contributed by atoms with van der Waals surface area (Å²) in [4.78, 5) is 13.6. The lowest BCUT2D eigenvalue weighted by molar-refractivity contribution is -0.131.